The zero-order valence-corrected chi connectivity index (χ0v) is 33.1. The van der Waals surface area contributed by atoms with Crippen molar-refractivity contribution in [2.75, 3.05) is 0 Å². The summed E-state index contributed by atoms with van der Waals surface area (Å²) in [6.07, 6.45) is 13.7. The van der Waals surface area contributed by atoms with Crippen molar-refractivity contribution in [1.82, 2.24) is 0 Å². The van der Waals surface area contributed by atoms with E-state index in [0.29, 0.717) is 17.2 Å². The van der Waals surface area contributed by atoms with E-state index in [4.69, 9.17) is 14.0 Å². The number of aryl methyl sites for hydroxylation is 2. The second-order valence-corrected chi connectivity index (χ2v) is 14.8. The van der Waals surface area contributed by atoms with Crippen molar-refractivity contribution < 1.29 is 45.6 Å². The van der Waals surface area contributed by atoms with Gasteiger partial charge in [0.25, 0.3) is 10.1 Å². The van der Waals surface area contributed by atoms with E-state index >= 15 is 0 Å². The van der Waals surface area contributed by atoms with Crippen molar-refractivity contribution in [3.63, 3.8) is 0 Å². The molecule has 4 aromatic carbocycles. The standard InChI is InChI=1S/2C19H24O5S.Ca/c2*1-2-3-4-5-6-7-15-8-13-18(20)19(14-15)24-16-9-11-17(12-10-16)25(21,22)23;/h2*8-14,20H,2-7H2,1H3,(H,21,22,23);/q;;+2/p-2. The summed E-state index contributed by atoms with van der Waals surface area (Å²) in [6, 6.07) is 20.7. The third kappa shape index (κ3) is 16.2. The second kappa shape index (κ2) is 22.3. The maximum atomic E-state index is 11.9. The van der Waals surface area contributed by atoms with Gasteiger partial charge in [0.2, 0.25) is 0 Å². The Balaban J connectivity index is 0.000000347. The normalized spacial score (nSPS) is 11.2. The van der Waals surface area contributed by atoms with E-state index in [1.165, 1.54) is 99.5 Å². The Hall–Kier alpha value is -2.84. The fourth-order valence-corrected chi connectivity index (χ4v) is 6.01. The molecule has 0 amide bonds. The number of hydrogen-bond acceptors (Lipinski definition) is 9. The Labute approximate surface area is 332 Å². The van der Waals surface area contributed by atoms with Crippen molar-refractivity contribution in [2.45, 2.75) is 101 Å². The zero-order chi connectivity index (χ0) is 36.6. The molecule has 0 aliphatic carbocycles. The van der Waals surface area contributed by atoms with Gasteiger partial charge in [-0.05, 0) is 104 Å². The van der Waals surface area contributed by atoms with Crippen molar-refractivity contribution in [1.29, 1.82) is 0 Å². The first-order valence-corrected chi connectivity index (χ1v) is 19.8. The molecule has 0 saturated heterocycles. The zero-order valence-electron chi connectivity index (χ0n) is 29.3. The Bertz CT molecular complexity index is 1710. The molecule has 10 nitrogen and oxygen atoms in total. The summed E-state index contributed by atoms with van der Waals surface area (Å²) in [5, 5.41) is 21.9. The molecule has 0 unspecified atom stereocenters. The van der Waals surface area contributed by atoms with E-state index in [-0.39, 0.29) is 64.8 Å². The first-order chi connectivity index (χ1) is 23.8. The molecule has 0 aromatic heterocycles. The van der Waals surface area contributed by atoms with Gasteiger partial charge in [-0.1, -0.05) is 89.2 Å². The molecule has 0 heterocycles. The van der Waals surface area contributed by atoms with Gasteiger partial charge < -0.3 is 24.2 Å². The fraction of sp³-hybridized carbons (Fsp3) is 0.368. The third-order valence-electron chi connectivity index (χ3n) is 7.86. The van der Waals surface area contributed by atoms with E-state index in [0.717, 1.165) is 43.2 Å². The summed E-state index contributed by atoms with van der Waals surface area (Å²) in [6.45, 7) is 4.36. The van der Waals surface area contributed by atoms with E-state index in [2.05, 4.69) is 13.8 Å². The van der Waals surface area contributed by atoms with Gasteiger partial charge in [-0.3, -0.25) is 4.55 Å². The van der Waals surface area contributed by atoms with E-state index < -0.39 is 20.2 Å². The average molecular weight is 767 g/mol. The first-order valence-electron chi connectivity index (χ1n) is 16.9. The Morgan fingerprint density at radius 3 is 1.49 bits per heavy atom. The molecule has 0 aliphatic rings. The Morgan fingerprint density at radius 1 is 0.588 bits per heavy atom. The van der Waals surface area contributed by atoms with Crippen LogP contribution in [0.5, 0.6) is 34.5 Å². The van der Waals surface area contributed by atoms with Crippen LogP contribution in [0.2, 0.25) is 0 Å². The summed E-state index contributed by atoms with van der Waals surface area (Å²) in [5.74, 6) is 0.991. The SMILES string of the molecule is CCCCCCCc1ccc(O)c(Oc2ccc(S(=O)(=O)O)cc2)c1.CCCCCCCc1ccc([O-])c(Oc2ccc(S(=O)(=O)[O-])cc2)c1.[Ca+2]. The number of phenols is 1. The van der Waals surface area contributed by atoms with Gasteiger partial charge >= 0.3 is 37.7 Å². The molecule has 0 fully saturated rings. The minimum atomic E-state index is -4.49. The molecule has 0 spiro atoms. The van der Waals surface area contributed by atoms with E-state index in [9.17, 15) is 31.6 Å². The van der Waals surface area contributed by atoms with Crippen LogP contribution in [0.1, 0.15) is 89.2 Å². The molecule has 13 heteroatoms. The van der Waals surface area contributed by atoms with Gasteiger partial charge in [-0.25, -0.2) is 8.42 Å². The molecule has 0 bridgehead atoms. The van der Waals surface area contributed by atoms with Crippen molar-refractivity contribution in [3.8, 4) is 34.5 Å². The summed E-state index contributed by atoms with van der Waals surface area (Å²) in [7, 11) is -8.72. The van der Waals surface area contributed by atoms with Gasteiger partial charge in [0, 0.05) is 0 Å². The number of unbranched alkanes of at least 4 members (excludes halogenated alkanes) is 8. The summed E-state index contributed by atoms with van der Waals surface area (Å²) in [5.41, 5.74) is 2.11. The maximum absolute atomic E-state index is 11.9. The van der Waals surface area contributed by atoms with Gasteiger partial charge in [0.05, 0.1) is 9.79 Å². The smallest absolute Gasteiger partial charge is 0.870 e. The summed E-state index contributed by atoms with van der Waals surface area (Å²) in [4.78, 5) is -0.534. The van der Waals surface area contributed by atoms with Crippen LogP contribution < -0.4 is 14.6 Å². The van der Waals surface area contributed by atoms with Gasteiger partial charge in [-0.2, -0.15) is 8.42 Å². The number of ether oxygens (including phenoxy) is 2. The van der Waals surface area contributed by atoms with Crippen molar-refractivity contribution >= 4 is 58.0 Å². The van der Waals surface area contributed by atoms with Crippen LogP contribution in [0.25, 0.3) is 0 Å². The quantitative estimate of drug-likeness (QED) is 0.0568. The topological polar surface area (TPSA) is 173 Å². The minimum Gasteiger partial charge on any atom is -0.870 e. The molecule has 0 atom stereocenters. The monoisotopic (exact) mass is 766 g/mol. The van der Waals surface area contributed by atoms with Crippen LogP contribution in [0, 0.1) is 0 Å². The predicted octanol–water partition coefficient (Wildman–Crippen LogP) is 8.53. The molecule has 272 valence electrons. The van der Waals surface area contributed by atoms with Gasteiger partial charge in [0.15, 0.2) is 11.5 Å². The molecule has 4 rings (SSSR count). The number of rotatable bonds is 18. The van der Waals surface area contributed by atoms with Gasteiger partial charge in [-0.15, -0.1) is 0 Å². The second-order valence-electron chi connectivity index (χ2n) is 12.0. The van der Waals surface area contributed by atoms with Crippen LogP contribution in [0.15, 0.2) is 94.7 Å². The predicted molar refractivity (Wildman–Crippen MR) is 195 cm³/mol. The number of aromatic hydroxyl groups is 1. The minimum absolute atomic E-state index is 0. The van der Waals surface area contributed by atoms with Crippen molar-refractivity contribution in [3.05, 3.63) is 96.1 Å². The summed E-state index contributed by atoms with van der Waals surface area (Å²) >= 11 is 0. The van der Waals surface area contributed by atoms with Crippen LogP contribution in [-0.4, -0.2) is 68.8 Å². The molecule has 2 N–H and O–H groups in total. The van der Waals surface area contributed by atoms with Crippen LogP contribution in [0.3, 0.4) is 0 Å². The molecular formula is C38H46CaO10S2. The molecule has 4 aromatic rings. The fourth-order valence-electron chi connectivity index (χ4n) is 5.06. The molecule has 0 aliphatic heterocycles. The van der Waals surface area contributed by atoms with Gasteiger partial charge in [0.1, 0.15) is 27.4 Å². The molecule has 51 heavy (non-hydrogen) atoms. The third-order valence-corrected chi connectivity index (χ3v) is 9.58. The maximum Gasteiger partial charge on any atom is 2.00 e. The first kappa shape index (κ1) is 44.3. The number of phenolic OH excluding ortho intramolecular Hbond substituents is 1. The molecule has 0 radical (unpaired) electrons. The molecular weight excluding hydrogens is 721 g/mol. The largest absolute Gasteiger partial charge is 2.00 e. The van der Waals surface area contributed by atoms with E-state index in [1.54, 1.807) is 18.2 Å². The van der Waals surface area contributed by atoms with E-state index in [1.807, 2.05) is 12.1 Å². The molecule has 0 saturated carbocycles. The number of hydrogen-bond donors (Lipinski definition) is 2. The average Bonchev–Trinajstić information content (AvgIpc) is 3.07. The Morgan fingerprint density at radius 2 is 1.02 bits per heavy atom. The van der Waals surface area contributed by atoms with Crippen LogP contribution >= 0.6 is 0 Å². The Kier molecular flexibility index (Phi) is 19.4. The van der Waals surface area contributed by atoms with Crippen molar-refractivity contribution in [2.24, 2.45) is 0 Å². The van der Waals surface area contributed by atoms with Crippen LogP contribution in [0.4, 0.5) is 0 Å². The number of benzene rings is 4. The summed E-state index contributed by atoms with van der Waals surface area (Å²) < 4.78 is 75.0. The van der Waals surface area contributed by atoms with Crippen LogP contribution in [-0.2, 0) is 33.1 Å².